The number of aromatic nitrogens is 2. The third-order valence-corrected chi connectivity index (χ3v) is 5.27. The molecule has 1 saturated heterocycles. The molecule has 0 spiro atoms. The lowest BCUT2D eigenvalue weighted by atomic mass is 9.92. The third kappa shape index (κ3) is 3.75. The van der Waals surface area contributed by atoms with E-state index in [1.54, 1.807) is 12.1 Å². The van der Waals surface area contributed by atoms with Crippen molar-refractivity contribution >= 4 is 5.95 Å². The lowest BCUT2D eigenvalue weighted by Gasteiger charge is -2.27. The molecule has 2 atom stereocenters. The lowest BCUT2D eigenvalue weighted by molar-refractivity contribution is 0.299. The minimum atomic E-state index is 0.151. The minimum absolute atomic E-state index is 0.151. The Labute approximate surface area is 153 Å². The first kappa shape index (κ1) is 17.1. The molecule has 2 aliphatic rings. The fraction of sp³-hybridized carbons (Fsp3) is 0.500. The van der Waals surface area contributed by atoms with E-state index in [9.17, 15) is 5.11 Å². The Bertz CT molecular complexity index is 783. The molecule has 1 aliphatic carbocycles. The van der Waals surface area contributed by atoms with Gasteiger partial charge in [0.25, 0.3) is 0 Å². The molecule has 4 rings (SSSR count). The predicted molar refractivity (Wildman–Crippen MR) is 101 cm³/mol. The Hall–Kier alpha value is -2.34. The second-order valence-electron chi connectivity index (χ2n) is 7.52. The number of nitrogen functional groups attached to an aromatic ring is 1. The number of phenols is 1. The SMILES string of the molecule is CC1CCC(c2cc(-c3c(O)cccc3OCC3CC3)nc(N)n2)CN1. The van der Waals surface area contributed by atoms with Crippen molar-refractivity contribution in [3.63, 3.8) is 0 Å². The maximum Gasteiger partial charge on any atom is 0.220 e. The molecule has 6 nitrogen and oxygen atoms in total. The topological polar surface area (TPSA) is 93.3 Å². The number of nitrogens with two attached hydrogens (primary N) is 1. The normalized spacial score (nSPS) is 23.0. The van der Waals surface area contributed by atoms with Gasteiger partial charge < -0.3 is 20.9 Å². The van der Waals surface area contributed by atoms with Crippen LogP contribution in [0.5, 0.6) is 11.5 Å². The van der Waals surface area contributed by atoms with Crippen molar-refractivity contribution in [2.75, 3.05) is 18.9 Å². The van der Waals surface area contributed by atoms with E-state index in [0.29, 0.717) is 41.5 Å². The van der Waals surface area contributed by atoms with Gasteiger partial charge in [0.2, 0.25) is 5.95 Å². The molecule has 138 valence electrons. The Morgan fingerprint density at radius 2 is 2.08 bits per heavy atom. The highest BCUT2D eigenvalue weighted by Gasteiger charge is 2.25. The Kier molecular flexibility index (Phi) is 4.68. The van der Waals surface area contributed by atoms with Crippen LogP contribution in [-0.2, 0) is 0 Å². The fourth-order valence-corrected chi connectivity index (χ4v) is 3.46. The van der Waals surface area contributed by atoms with Gasteiger partial charge in [-0.05, 0) is 56.7 Å². The number of hydrogen-bond donors (Lipinski definition) is 3. The summed E-state index contributed by atoms with van der Waals surface area (Å²) in [7, 11) is 0. The Morgan fingerprint density at radius 3 is 2.81 bits per heavy atom. The van der Waals surface area contributed by atoms with Crippen LogP contribution in [0.15, 0.2) is 24.3 Å². The summed E-state index contributed by atoms with van der Waals surface area (Å²) in [6.45, 7) is 3.75. The zero-order valence-corrected chi connectivity index (χ0v) is 15.1. The van der Waals surface area contributed by atoms with Gasteiger partial charge >= 0.3 is 0 Å². The summed E-state index contributed by atoms with van der Waals surface area (Å²) in [5, 5.41) is 14.0. The molecule has 6 heteroatoms. The number of rotatable bonds is 5. The summed E-state index contributed by atoms with van der Waals surface area (Å²) in [6, 6.07) is 7.79. The third-order valence-electron chi connectivity index (χ3n) is 5.27. The molecule has 1 aliphatic heterocycles. The van der Waals surface area contributed by atoms with Gasteiger partial charge in [-0.3, -0.25) is 0 Å². The van der Waals surface area contributed by atoms with Gasteiger partial charge in [0.15, 0.2) is 0 Å². The number of hydrogen-bond acceptors (Lipinski definition) is 6. The summed E-state index contributed by atoms with van der Waals surface area (Å²) in [6.07, 6.45) is 4.60. The van der Waals surface area contributed by atoms with Crippen molar-refractivity contribution in [2.24, 2.45) is 5.92 Å². The van der Waals surface area contributed by atoms with E-state index in [-0.39, 0.29) is 11.7 Å². The van der Waals surface area contributed by atoms with Gasteiger partial charge in [-0.2, -0.15) is 0 Å². The molecule has 2 unspecified atom stereocenters. The number of aromatic hydroxyl groups is 1. The van der Waals surface area contributed by atoms with Crippen molar-refractivity contribution in [3.05, 3.63) is 30.0 Å². The van der Waals surface area contributed by atoms with Crippen LogP contribution >= 0.6 is 0 Å². The van der Waals surface area contributed by atoms with E-state index in [1.807, 2.05) is 12.1 Å². The second-order valence-corrected chi connectivity index (χ2v) is 7.52. The quantitative estimate of drug-likeness (QED) is 0.764. The summed E-state index contributed by atoms with van der Waals surface area (Å²) >= 11 is 0. The van der Waals surface area contributed by atoms with E-state index in [0.717, 1.165) is 25.1 Å². The maximum atomic E-state index is 10.5. The van der Waals surface area contributed by atoms with Gasteiger partial charge in [-0.15, -0.1) is 0 Å². The molecule has 0 radical (unpaired) electrons. The summed E-state index contributed by atoms with van der Waals surface area (Å²) in [5.74, 6) is 1.96. The van der Waals surface area contributed by atoms with E-state index in [4.69, 9.17) is 10.5 Å². The van der Waals surface area contributed by atoms with Crippen molar-refractivity contribution in [3.8, 4) is 22.8 Å². The van der Waals surface area contributed by atoms with Crippen LogP contribution < -0.4 is 15.8 Å². The van der Waals surface area contributed by atoms with Crippen LogP contribution in [0.3, 0.4) is 0 Å². The Morgan fingerprint density at radius 1 is 1.23 bits per heavy atom. The molecule has 0 amide bonds. The van der Waals surface area contributed by atoms with Gasteiger partial charge in [0.1, 0.15) is 11.5 Å². The number of ether oxygens (including phenoxy) is 1. The standard InChI is InChI=1S/C20H26N4O2/c1-12-5-8-14(10-22-12)15-9-16(24-20(21)23-15)19-17(25)3-2-4-18(19)26-11-13-6-7-13/h2-4,9,12-14,22,25H,5-8,10-11H2,1H3,(H2,21,23,24). The summed E-state index contributed by atoms with van der Waals surface area (Å²) in [5.41, 5.74) is 8.14. The number of benzene rings is 1. The highest BCUT2D eigenvalue weighted by atomic mass is 16.5. The second kappa shape index (κ2) is 7.11. The van der Waals surface area contributed by atoms with Crippen LogP contribution in [0.1, 0.15) is 44.2 Å². The molecule has 0 bridgehead atoms. The van der Waals surface area contributed by atoms with Crippen LogP contribution in [0, 0.1) is 5.92 Å². The first-order valence-electron chi connectivity index (χ1n) is 9.43. The van der Waals surface area contributed by atoms with E-state index in [1.165, 1.54) is 12.8 Å². The molecule has 4 N–H and O–H groups in total. The lowest BCUT2D eigenvalue weighted by Crippen LogP contribution is -2.36. The van der Waals surface area contributed by atoms with Crippen LogP contribution in [0.4, 0.5) is 5.95 Å². The van der Waals surface area contributed by atoms with Crippen LogP contribution in [-0.4, -0.2) is 34.3 Å². The molecule has 2 fully saturated rings. The molecular weight excluding hydrogens is 328 g/mol. The highest BCUT2D eigenvalue weighted by Crippen LogP contribution is 2.39. The predicted octanol–water partition coefficient (Wildman–Crippen LogP) is 3.08. The largest absolute Gasteiger partial charge is 0.507 e. The van der Waals surface area contributed by atoms with Crippen molar-refractivity contribution in [2.45, 2.75) is 44.6 Å². The van der Waals surface area contributed by atoms with Crippen LogP contribution in [0.2, 0.25) is 0 Å². The van der Waals surface area contributed by atoms with Crippen molar-refractivity contribution in [1.82, 2.24) is 15.3 Å². The van der Waals surface area contributed by atoms with Crippen LogP contribution in [0.25, 0.3) is 11.3 Å². The number of phenolic OH excluding ortho intramolecular Hbond substituents is 1. The van der Waals surface area contributed by atoms with E-state index < -0.39 is 0 Å². The van der Waals surface area contributed by atoms with E-state index >= 15 is 0 Å². The minimum Gasteiger partial charge on any atom is -0.507 e. The monoisotopic (exact) mass is 354 g/mol. The molecule has 2 heterocycles. The van der Waals surface area contributed by atoms with Gasteiger partial charge in [-0.25, -0.2) is 9.97 Å². The Balaban J connectivity index is 1.66. The molecule has 1 saturated carbocycles. The summed E-state index contributed by atoms with van der Waals surface area (Å²) in [4.78, 5) is 8.84. The summed E-state index contributed by atoms with van der Waals surface area (Å²) < 4.78 is 5.96. The first-order chi connectivity index (χ1) is 12.6. The van der Waals surface area contributed by atoms with Gasteiger partial charge in [-0.1, -0.05) is 6.07 Å². The molecule has 1 aromatic carbocycles. The van der Waals surface area contributed by atoms with Crippen molar-refractivity contribution < 1.29 is 9.84 Å². The number of nitrogens with zero attached hydrogens (tertiary/aromatic N) is 2. The fourth-order valence-electron chi connectivity index (χ4n) is 3.46. The van der Waals surface area contributed by atoms with Gasteiger partial charge in [0, 0.05) is 18.5 Å². The average molecular weight is 354 g/mol. The maximum absolute atomic E-state index is 10.5. The number of nitrogens with one attached hydrogen (secondary N) is 1. The number of piperidine rings is 1. The molecule has 1 aromatic heterocycles. The van der Waals surface area contributed by atoms with Gasteiger partial charge in [0.05, 0.1) is 23.6 Å². The van der Waals surface area contributed by atoms with Crippen molar-refractivity contribution in [1.29, 1.82) is 0 Å². The first-order valence-corrected chi connectivity index (χ1v) is 9.43. The molecule has 26 heavy (non-hydrogen) atoms. The number of anilines is 1. The highest BCUT2D eigenvalue weighted by molar-refractivity contribution is 5.74. The van der Waals surface area contributed by atoms with E-state index in [2.05, 4.69) is 22.2 Å². The zero-order valence-electron chi connectivity index (χ0n) is 15.1. The average Bonchev–Trinajstić information content (AvgIpc) is 3.44. The molecular formula is C20H26N4O2. The smallest absolute Gasteiger partial charge is 0.220 e. The zero-order chi connectivity index (χ0) is 18.1. The molecule has 2 aromatic rings.